The van der Waals surface area contributed by atoms with Crippen LogP contribution in [0.2, 0.25) is 0 Å². The topological polar surface area (TPSA) is 84.5 Å². The van der Waals surface area contributed by atoms with E-state index in [0.29, 0.717) is 22.0 Å². The van der Waals surface area contributed by atoms with E-state index in [-0.39, 0.29) is 30.4 Å². The molecular weight excluding hydrogens is 328 g/mol. The van der Waals surface area contributed by atoms with Gasteiger partial charge in [0.2, 0.25) is 11.8 Å². The quantitative estimate of drug-likeness (QED) is 0.753. The number of carbonyl (C=O) groups is 3. The molecule has 0 spiro atoms. The first-order valence-corrected chi connectivity index (χ1v) is 8.19. The Morgan fingerprint density at radius 1 is 1.12 bits per heavy atom. The first-order chi connectivity index (χ1) is 11.5. The van der Waals surface area contributed by atoms with Gasteiger partial charge in [-0.3, -0.25) is 14.4 Å². The van der Waals surface area contributed by atoms with Gasteiger partial charge in [-0.1, -0.05) is 6.07 Å². The van der Waals surface area contributed by atoms with Gasteiger partial charge in [-0.2, -0.15) is 0 Å². The largest absolute Gasteiger partial charge is 0.495 e. The summed E-state index contributed by atoms with van der Waals surface area (Å²) >= 11 is 1.36. The normalized spacial score (nSPS) is 10.1. The van der Waals surface area contributed by atoms with Gasteiger partial charge in [0.15, 0.2) is 5.78 Å². The van der Waals surface area contributed by atoms with Crippen molar-refractivity contribution in [1.29, 1.82) is 0 Å². The fourth-order valence-corrected chi connectivity index (χ4v) is 2.78. The molecule has 0 saturated carbocycles. The predicted octanol–water partition coefficient (Wildman–Crippen LogP) is 3.32. The maximum atomic E-state index is 12.0. The molecule has 0 bridgehead atoms. The van der Waals surface area contributed by atoms with E-state index in [1.807, 2.05) is 5.38 Å². The summed E-state index contributed by atoms with van der Waals surface area (Å²) in [5, 5.41) is 7.18. The van der Waals surface area contributed by atoms with E-state index in [4.69, 9.17) is 4.74 Å². The summed E-state index contributed by atoms with van der Waals surface area (Å²) < 4.78 is 5.16. The van der Waals surface area contributed by atoms with E-state index < -0.39 is 0 Å². The van der Waals surface area contributed by atoms with Crippen LogP contribution in [0.1, 0.15) is 29.4 Å². The smallest absolute Gasteiger partial charge is 0.224 e. The highest BCUT2D eigenvalue weighted by Gasteiger charge is 2.12. The van der Waals surface area contributed by atoms with E-state index in [1.165, 1.54) is 25.4 Å². The summed E-state index contributed by atoms with van der Waals surface area (Å²) in [5.41, 5.74) is 0.991. The van der Waals surface area contributed by atoms with E-state index in [2.05, 4.69) is 10.6 Å². The molecule has 2 N–H and O–H groups in total. The molecule has 0 saturated heterocycles. The Morgan fingerprint density at radius 3 is 2.54 bits per heavy atom. The number of hydrogen-bond donors (Lipinski definition) is 2. The number of methoxy groups -OCH3 is 1. The average molecular weight is 346 g/mol. The standard InChI is InChI=1S/C17H18N2O4S/c1-11(20)18-13-10-12(5-7-15(13)23-2)19-17(22)8-6-14(21)16-4-3-9-24-16/h3-5,7,9-10H,6,8H2,1-2H3,(H,18,20)(H,19,22). The maximum Gasteiger partial charge on any atom is 0.224 e. The second-order valence-corrected chi connectivity index (χ2v) is 5.99. The summed E-state index contributed by atoms with van der Waals surface area (Å²) in [4.78, 5) is 35.8. The van der Waals surface area contributed by atoms with Gasteiger partial charge >= 0.3 is 0 Å². The van der Waals surface area contributed by atoms with Gasteiger partial charge in [-0.15, -0.1) is 11.3 Å². The van der Waals surface area contributed by atoms with Crippen molar-refractivity contribution in [1.82, 2.24) is 0 Å². The third-order valence-electron chi connectivity index (χ3n) is 3.17. The molecule has 0 fully saturated rings. The van der Waals surface area contributed by atoms with Crippen molar-refractivity contribution in [3.05, 3.63) is 40.6 Å². The number of ketones is 1. The molecule has 1 aromatic heterocycles. The lowest BCUT2D eigenvalue weighted by Gasteiger charge is -2.11. The Balaban J connectivity index is 1.95. The number of nitrogens with one attached hydrogen (secondary N) is 2. The third-order valence-corrected chi connectivity index (χ3v) is 4.08. The van der Waals surface area contributed by atoms with Crippen molar-refractivity contribution >= 4 is 40.3 Å². The number of amides is 2. The van der Waals surface area contributed by atoms with Crippen LogP contribution in [-0.2, 0) is 9.59 Å². The molecule has 0 radical (unpaired) electrons. The third kappa shape index (κ3) is 4.92. The van der Waals surface area contributed by atoms with Crippen LogP contribution in [-0.4, -0.2) is 24.7 Å². The highest BCUT2D eigenvalue weighted by molar-refractivity contribution is 7.12. The number of thiophene rings is 1. The SMILES string of the molecule is COc1ccc(NC(=O)CCC(=O)c2cccs2)cc1NC(C)=O. The first kappa shape index (κ1) is 17.7. The Morgan fingerprint density at radius 2 is 1.92 bits per heavy atom. The number of rotatable bonds is 7. The molecule has 1 aromatic carbocycles. The molecule has 2 rings (SSSR count). The second kappa shape index (κ2) is 8.26. The molecular formula is C17H18N2O4S. The van der Waals surface area contributed by atoms with Crippen LogP contribution in [0.5, 0.6) is 5.75 Å². The molecule has 0 aliphatic carbocycles. The lowest BCUT2D eigenvalue weighted by atomic mass is 10.2. The lowest BCUT2D eigenvalue weighted by Crippen LogP contribution is -2.14. The number of anilines is 2. The van der Waals surface area contributed by atoms with Crippen LogP contribution in [0.25, 0.3) is 0 Å². The molecule has 1 heterocycles. The van der Waals surface area contributed by atoms with Crippen LogP contribution in [0.15, 0.2) is 35.7 Å². The summed E-state index contributed by atoms with van der Waals surface area (Å²) in [5.74, 6) is -0.0537. The van der Waals surface area contributed by atoms with Crippen molar-refractivity contribution in [2.45, 2.75) is 19.8 Å². The van der Waals surface area contributed by atoms with E-state index in [0.717, 1.165) is 0 Å². The Hall–Kier alpha value is -2.67. The molecule has 0 atom stereocenters. The summed E-state index contributed by atoms with van der Waals surface area (Å²) in [6.45, 7) is 1.39. The van der Waals surface area contributed by atoms with Crippen LogP contribution >= 0.6 is 11.3 Å². The number of hydrogen-bond acceptors (Lipinski definition) is 5. The predicted molar refractivity (Wildman–Crippen MR) is 93.8 cm³/mol. The minimum Gasteiger partial charge on any atom is -0.495 e. The number of benzene rings is 1. The summed E-state index contributed by atoms with van der Waals surface area (Å²) in [6.07, 6.45) is 0.249. The van der Waals surface area contributed by atoms with Crippen LogP contribution in [0, 0.1) is 0 Å². The molecule has 126 valence electrons. The molecule has 7 heteroatoms. The van der Waals surface area contributed by atoms with Gasteiger partial charge in [0.25, 0.3) is 0 Å². The average Bonchev–Trinajstić information content (AvgIpc) is 3.07. The van der Waals surface area contributed by atoms with Crippen molar-refractivity contribution in [3.63, 3.8) is 0 Å². The molecule has 2 aromatic rings. The summed E-state index contributed by atoms with van der Waals surface area (Å²) in [6, 6.07) is 8.48. The van der Waals surface area contributed by atoms with Crippen LogP contribution in [0.4, 0.5) is 11.4 Å². The fourth-order valence-electron chi connectivity index (χ4n) is 2.08. The second-order valence-electron chi connectivity index (χ2n) is 5.04. The van der Waals surface area contributed by atoms with E-state index >= 15 is 0 Å². The number of ether oxygens (including phenoxy) is 1. The monoisotopic (exact) mass is 346 g/mol. The van der Waals surface area contributed by atoms with E-state index in [9.17, 15) is 14.4 Å². The van der Waals surface area contributed by atoms with Gasteiger partial charge in [-0.05, 0) is 29.6 Å². The van der Waals surface area contributed by atoms with Gasteiger partial charge in [0, 0.05) is 25.5 Å². The maximum absolute atomic E-state index is 12.0. The van der Waals surface area contributed by atoms with Gasteiger partial charge < -0.3 is 15.4 Å². The molecule has 6 nitrogen and oxygen atoms in total. The Bertz CT molecular complexity index is 741. The minimum absolute atomic E-state index is 0.0474. The minimum atomic E-state index is -0.265. The van der Waals surface area contributed by atoms with Crippen molar-refractivity contribution in [2.75, 3.05) is 17.7 Å². The molecule has 2 amide bonds. The number of Topliss-reactive ketones (excluding diaryl/α,β-unsaturated/α-hetero) is 1. The molecule has 0 unspecified atom stereocenters. The first-order valence-electron chi connectivity index (χ1n) is 7.32. The highest BCUT2D eigenvalue weighted by Crippen LogP contribution is 2.28. The zero-order chi connectivity index (χ0) is 17.5. The summed E-state index contributed by atoms with van der Waals surface area (Å²) in [7, 11) is 1.50. The van der Waals surface area contributed by atoms with Gasteiger partial charge in [0.05, 0.1) is 17.7 Å². The molecule has 24 heavy (non-hydrogen) atoms. The molecule has 0 aliphatic heterocycles. The number of carbonyl (C=O) groups excluding carboxylic acids is 3. The Kier molecular flexibility index (Phi) is 6.08. The molecule has 0 aliphatic rings. The van der Waals surface area contributed by atoms with Gasteiger partial charge in [0.1, 0.15) is 5.75 Å². The zero-order valence-corrected chi connectivity index (χ0v) is 14.2. The lowest BCUT2D eigenvalue weighted by molar-refractivity contribution is -0.116. The Labute approximate surface area is 143 Å². The fraction of sp³-hybridized carbons (Fsp3) is 0.235. The highest BCUT2D eigenvalue weighted by atomic mass is 32.1. The van der Waals surface area contributed by atoms with Crippen LogP contribution < -0.4 is 15.4 Å². The van der Waals surface area contributed by atoms with Crippen LogP contribution in [0.3, 0.4) is 0 Å². The van der Waals surface area contributed by atoms with Crippen molar-refractivity contribution in [3.8, 4) is 5.75 Å². The van der Waals surface area contributed by atoms with Gasteiger partial charge in [-0.25, -0.2) is 0 Å². The van der Waals surface area contributed by atoms with Crippen molar-refractivity contribution in [2.24, 2.45) is 0 Å². The zero-order valence-electron chi connectivity index (χ0n) is 13.4. The van der Waals surface area contributed by atoms with E-state index in [1.54, 1.807) is 30.3 Å². The van der Waals surface area contributed by atoms with Crippen molar-refractivity contribution < 1.29 is 19.1 Å².